The quantitative estimate of drug-likeness (QED) is 0.563. The van der Waals surface area contributed by atoms with Gasteiger partial charge in [0.15, 0.2) is 0 Å². The molecule has 1 fully saturated rings. The highest BCUT2D eigenvalue weighted by molar-refractivity contribution is 5.93. The van der Waals surface area contributed by atoms with Gasteiger partial charge in [0.2, 0.25) is 0 Å². The van der Waals surface area contributed by atoms with Crippen molar-refractivity contribution in [1.29, 1.82) is 0 Å². The molecule has 178 valence electrons. The van der Waals surface area contributed by atoms with Crippen molar-refractivity contribution in [2.75, 3.05) is 26.2 Å². The molecule has 2 heterocycles. The topological polar surface area (TPSA) is 45.6 Å². The van der Waals surface area contributed by atoms with Crippen LogP contribution >= 0.6 is 0 Å². The number of aryl methyl sites for hydroxylation is 1. The molecular formula is C26H26F3N3O2. The second kappa shape index (κ2) is 9.85. The van der Waals surface area contributed by atoms with Crippen LogP contribution in [0.25, 0.3) is 0 Å². The highest BCUT2D eigenvalue weighted by Crippen LogP contribution is 2.29. The molecule has 2 aromatic carbocycles. The van der Waals surface area contributed by atoms with Gasteiger partial charge in [0.25, 0.3) is 11.5 Å². The molecule has 8 heteroatoms. The van der Waals surface area contributed by atoms with E-state index in [9.17, 15) is 22.8 Å². The van der Waals surface area contributed by atoms with Crippen LogP contribution in [0.4, 0.5) is 13.2 Å². The van der Waals surface area contributed by atoms with Crippen molar-refractivity contribution < 1.29 is 18.0 Å². The van der Waals surface area contributed by atoms with Crippen LogP contribution in [0.2, 0.25) is 0 Å². The van der Waals surface area contributed by atoms with Gasteiger partial charge in [0.05, 0.1) is 12.1 Å². The van der Waals surface area contributed by atoms with Gasteiger partial charge in [-0.2, -0.15) is 13.2 Å². The number of pyridine rings is 1. The van der Waals surface area contributed by atoms with Crippen LogP contribution in [-0.2, 0) is 19.3 Å². The largest absolute Gasteiger partial charge is 0.416 e. The molecule has 0 spiro atoms. The third-order valence-electron chi connectivity index (χ3n) is 6.03. The number of carbonyl (C=O) groups is 1. The fraction of sp³-hybridized carbons (Fsp3) is 0.308. The number of benzene rings is 2. The van der Waals surface area contributed by atoms with E-state index in [1.54, 1.807) is 27.8 Å². The standard InChI is InChI=1S/C26H26F3N3O2/c1-19-4-2-5-21(16-19)18-32-11-3-6-23(25(32)34)24(33)31-14-12-30(13-15-31)17-20-7-9-22(10-8-20)26(27,28)29/h2-11,16H,12-15,17-18H2,1H3. The molecule has 0 saturated carbocycles. The van der Waals surface area contributed by atoms with Crippen molar-refractivity contribution in [2.45, 2.75) is 26.2 Å². The normalized spacial score (nSPS) is 14.9. The average Bonchev–Trinajstić information content (AvgIpc) is 2.80. The van der Waals surface area contributed by atoms with Gasteiger partial charge in [-0.15, -0.1) is 0 Å². The summed E-state index contributed by atoms with van der Waals surface area (Å²) < 4.78 is 39.8. The zero-order valence-electron chi connectivity index (χ0n) is 18.9. The summed E-state index contributed by atoms with van der Waals surface area (Å²) in [5.74, 6) is -0.294. The van der Waals surface area contributed by atoms with E-state index in [1.807, 2.05) is 31.2 Å². The first-order valence-corrected chi connectivity index (χ1v) is 11.1. The first-order chi connectivity index (χ1) is 16.2. The lowest BCUT2D eigenvalue weighted by Crippen LogP contribution is -2.49. The summed E-state index contributed by atoms with van der Waals surface area (Å²) in [7, 11) is 0. The SMILES string of the molecule is Cc1cccc(Cn2cccc(C(=O)N3CCN(Cc4ccc(C(F)(F)F)cc4)CC3)c2=O)c1. The number of carbonyl (C=O) groups excluding carboxylic acids is 1. The Hall–Kier alpha value is -3.39. The summed E-state index contributed by atoms with van der Waals surface area (Å²) in [5.41, 5.74) is 2.04. The Morgan fingerprint density at radius 3 is 2.24 bits per heavy atom. The zero-order chi connectivity index (χ0) is 24.3. The molecule has 5 nitrogen and oxygen atoms in total. The van der Waals surface area contributed by atoms with Crippen molar-refractivity contribution in [3.8, 4) is 0 Å². The van der Waals surface area contributed by atoms with Crippen molar-refractivity contribution in [3.05, 3.63) is 105 Å². The molecule has 0 atom stereocenters. The van der Waals surface area contributed by atoms with E-state index in [-0.39, 0.29) is 17.0 Å². The molecule has 0 bridgehead atoms. The summed E-state index contributed by atoms with van der Waals surface area (Å²) in [4.78, 5) is 29.8. The van der Waals surface area contributed by atoms with Gasteiger partial charge in [0, 0.05) is 38.9 Å². The number of halogens is 3. The van der Waals surface area contributed by atoms with Crippen LogP contribution in [0.1, 0.15) is 32.6 Å². The van der Waals surface area contributed by atoms with Gasteiger partial charge < -0.3 is 9.47 Å². The van der Waals surface area contributed by atoms with Crippen molar-refractivity contribution in [1.82, 2.24) is 14.4 Å². The zero-order valence-corrected chi connectivity index (χ0v) is 18.9. The molecule has 34 heavy (non-hydrogen) atoms. The summed E-state index contributed by atoms with van der Waals surface area (Å²) in [5, 5.41) is 0. The Morgan fingerprint density at radius 2 is 1.59 bits per heavy atom. The van der Waals surface area contributed by atoms with E-state index in [0.717, 1.165) is 28.8 Å². The van der Waals surface area contributed by atoms with E-state index < -0.39 is 11.7 Å². The van der Waals surface area contributed by atoms with E-state index in [0.29, 0.717) is 39.3 Å². The van der Waals surface area contributed by atoms with E-state index in [4.69, 9.17) is 0 Å². The Balaban J connectivity index is 1.37. The lowest BCUT2D eigenvalue weighted by atomic mass is 10.1. The smallest absolute Gasteiger partial charge is 0.336 e. The molecule has 1 aliphatic heterocycles. The molecule has 1 aromatic heterocycles. The van der Waals surface area contributed by atoms with E-state index >= 15 is 0 Å². The summed E-state index contributed by atoms with van der Waals surface area (Å²) in [6.45, 7) is 4.95. The average molecular weight is 470 g/mol. The third-order valence-corrected chi connectivity index (χ3v) is 6.03. The molecule has 3 aromatic rings. The molecular weight excluding hydrogens is 443 g/mol. The molecule has 1 aliphatic rings. The maximum absolute atomic E-state index is 13.1. The van der Waals surface area contributed by atoms with E-state index in [1.165, 1.54) is 12.1 Å². The molecule has 0 unspecified atom stereocenters. The van der Waals surface area contributed by atoms with Crippen LogP contribution in [0.5, 0.6) is 0 Å². The molecule has 1 saturated heterocycles. The summed E-state index contributed by atoms with van der Waals surface area (Å²) in [6.07, 6.45) is -2.66. The summed E-state index contributed by atoms with van der Waals surface area (Å²) >= 11 is 0. The summed E-state index contributed by atoms with van der Waals surface area (Å²) in [6, 6.07) is 16.3. The number of hydrogen-bond donors (Lipinski definition) is 0. The lowest BCUT2D eigenvalue weighted by Gasteiger charge is -2.34. The van der Waals surface area contributed by atoms with Gasteiger partial charge in [0.1, 0.15) is 5.56 Å². The number of rotatable bonds is 5. The third kappa shape index (κ3) is 5.56. The first-order valence-electron chi connectivity index (χ1n) is 11.1. The Morgan fingerprint density at radius 1 is 0.882 bits per heavy atom. The Labute approximate surface area is 196 Å². The van der Waals surface area contributed by atoms with Crippen LogP contribution in [0.3, 0.4) is 0 Å². The minimum absolute atomic E-state index is 0.145. The highest BCUT2D eigenvalue weighted by Gasteiger charge is 2.30. The predicted molar refractivity (Wildman–Crippen MR) is 124 cm³/mol. The van der Waals surface area contributed by atoms with Crippen molar-refractivity contribution in [2.24, 2.45) is 0 Å². The number of nitrogens with zero attached hydrogens (tertiary/aromatic N) is 3. The van der Waals surface area contributed by atoms with Crippen LogP contribution in [-0.4, -0.2) is 46.5 Å². The maximum atomic E-state index is 13.1. The Kier molecular flexibility index (Phi) is 6.88. The molecule has 0 aliphatic carbocycles. The van der Waals surface area contributed by atoms with E-state index in [2.05, 4.69) is 4.90 Å². The monoisotopic (exact) mass is 469 g/mol. The van der Waals surface area contributed by atoms with Gasteiger partial charge in [-0.1, -0.05) is 42.0 Å². The molecule has 0 N–H and O–H groups in total. The van der Waals surface area contributed by atoms with Crippen LogP contribution in [0, 0.1) is 6.92 Å². The van der Waals surface area contributed by atoms with Gasteiger partial charge in [-0.3, -0.25) is 14.5 Å². The first kappa shape index (κ1) is 23.8. The highest BCUT2D eigenvalue weighted by atomic mass is 19.4. The number of alkyl halides is 3. The number of aromatic nitrogens is 1. The fourth-order valence-corrected chi connectivity index (χ4v) is 4.17. The number of piperazine rings is 1. The second-order valence-corrected chi connectivity index (χ2v) is 8.61. The number of hydrogen-bond acceptors (Lipinski definition) is 3. The van der Waals surface area contributed by atoms with Gasteiger partial charge >= 0.3 is 6.18 Å². The van der Waals surface area contributed by atoms with Crippen molar-refractivity contribution >= 4 is 5.91 Å². The minimum Gasteiger partial charge on any atom is -0.336 e. The molecule has 1 amide bonds. The number of amides is 1. The van der Waals surface area contributed by atoms with Crippen molar-refractivity contribution in [3.63, 3.8) is 0 Å². The Bertz CT molecular complexity index is 1210. The fourth-order valence-electron chi connectivity index (χ4n) is 4.17. The minimum atomic E-state index is -4.35. The van der Waals surface area contributed by atoms with Crippen LogP contribution in [0.15, 0.2) is 71.7 Å². The molecule has 4 rings (SSSR count). The molecule has 0 radical (unpaired) electrons. The maximum Gasteiger partial charge on any atom is 0.416 e. The van der Waals surface area contributed by atoms with Crippen LogP contribution < -0.4 is 5.56 Å². The van der Waals surface area contributed by atoms with Gasteiger partial charge in [-0.25, -0.2) is 0 Å². The lowest BCUT2D eigenvalue weighted by molar-refractivity contribution is -0.137. The van der Waals surface area contributed by atoms with Gasteiger partial charge in [-0.05, 0) is 42.3 Å². The second-order valence-electron chi connectivity index (χ2n) is 8.61. The predicted octanol–water partition coefficient (Wildman–Crippen LogP) is 4.18.